The van der Waals surface area contributed by atoms with Crippen LogP contribution in [0.4, 0.5) is 5.69 Å². The van der Waals surface area contributed by atoms with Gasteiger partial charge in [0, 0.05) is 6.07 Å². The zero-order chi connectivity index (χ0) is 9.14. The smallest absolute Gasteiger partial charge is 0.258 e. The number of nitro groups is 1. The van der Waals surface area contributed by atoms with E-state index in [4.69, 9.17) is 5.26 Å². The van der Waals surface area contributed by atoms with Crippen LogP contribution in [0.15, 0.2) is 18.2 Å². The molecular weight excluding hydrogens is 156 g/mol. The Morgan fingerprint density at radius 1 is 1.58 bits per heavy atom. The summed E-state index contributed by atoms with van der Waals surface area (Å²) in [5.74, 6) is 0. The summed E-state index contributed by atoms with van der Waals surface area (Å²) in [5.41, 5.74) is 0.645. The third-order valence-electron chi connectivity index (χ3n) is 1.56. The fourth-order valence-electron chi connectivity index (χ4n) is 0.950. The van der Waals surface area contributed by atoms with Crippen molar-refractivity contribution >= 4 is 5.69 Å². The van der Waals surface area contributed by atoms with Crippen molar-refractivity contribution in [1.29, 1.82) is 5.26 Å². The molecule has 0 saturated heterocycles. The van der Waals surface area contributed by atoms with Gasteiger partial charge < -0.3 is 0 Å². The monoisotopic (exact) mass is 162 g/mol. The van der Waals surface area contributed by atoms with Gasteiger partial charge in [0.15, 0.2) is 0 Å². The normalized spacial score (nSPS) is 9.00. The van der Waals surface area contributed by atoms with Crippen LogP contribution in [-0.2, 0) is 0 Å². The number of aryl methyl sites for hydroxylation is 1. The summed E-state index contributed by atoms with van der Waals surface area (Å²) in [4.78, 5) is 9.84. The lowest BCUT2D eigenvalue weighted by Gasteiger charge is -1.96. The molecule has 4 heteroatoms. The highest BCUT2D eigenvalue weighted by Gasteiger charge is 2.13. The van der Waals surface area contributed by atoms with Crippen molar-refractivity contribution in [2.75, 3.05) is 0 Å². The molecule has 4 nitrogen and oxygen atoms in total. The van der Waals surface area contributed by atoms with Gasteiger partial charge in [0.25, 0.3) is 5.69 Å². The Balaban J connectivity index is 3.40. The third-order valence-corrected chi connectivity index (χ3v) is 1.56. The van der Waals surface area contributed by atoms with E-state index in [9.17, 15) is 10.1 Å². The Bertz CT molecular complexity index is 366. The lowest BCUT2D eigenvalue weighted by Crippen LogP contribution is -1.93. The number of nitrogens with zero attached hydrogens (tertiary/aromatic N) is 2. The van der Waals surface area contributed by atoms with Gasteiger partial charge in [-0.25, -0.2) is 0 Å². The molecule has 0 aliphatic carbocycles. The van der Waals surface area contributed by atoms with E-state index in [-0.39, 0.29) is 11.3 Å². The lowest BCUT2D eigenvalue weighted by atomic mass is 10.1. The fourth-order valence-corrected chi connectivity index (χ4v) is 0.950. The highest BCUT2D eigenvalue weighted by atomic mass is 16.6. The molecule has 0 amide bonds. The number of benzene rings is 1. The second-order valence-corrected chi connectivity index (χ2v) is 2.34. The minimum atomic E-state index is -0.550. The van der Waals surface area contributed by atoms with Crippen LogP contribution in [0, 0.1) is 28.4 Å². The van der Waals surface area contributed by atoms with Crippen LogP contribution < -0.4 is 0 Å². The SMILES string of the molecule is Cc1cccc([N+](=O)[O-])c1C#N. The molecule has 1 rings (SSSR count). The average molecular weight is 162 g/mol. The standard InChI is InChI=1S/C8H6N2O2/c1-6-3-2-4-8(10(11)12)7(6)5-9/h2-4H,1H3. The number of nitriles is 1. The predicted octanol–water partition coefficient (Wildman–Crippen LogP) is 1.77. The van der Waals surface area contributed by atoms with Crippen molar-refractivity contribution in [2.24, 2.45) is 0 Å². The van der Waals surface area contributed by atoms with Crippen LogP contribution in [-0.4, -0.2) is 4.92 Å². The highest BCUT2D eigenvalue weighted by molar-refractivity contribution is 5.52. The molecule has 60 valence electrons. The summed E-state index contributed by atoms with van der Waals surface area (Å²) in [6.07, 6.45) is 0. The van der Waals surface area contributed by atoms with Crippen LogP contribution in [0.3, 0.4) is 0 Å². The topological polar surface area (TPSA) is 66.9 Å². The van der Waals surface area contributed by atoms with E-state index < -0.39 is 4.92 Å². The quantitative estimate of drug-likeness (QED) is 0.466. The van der Waals surface area contributed by atoms with Crippen molar-refractivity contribution in [1.82, 2.24) is 0 Å². The third kappa shape index (κ3) is 1.25. The molecule has 0 N–H and O–H groups in total. The first-order valence-corrected chi connectivity index (χ1v) is 3.31. The van der Waals surface area contributed by atoms with Crippen LogP contribution in [0.5, 0.6) is 0 Å². The van der Waals surface area contributed by atoms with Gasteiger partial charge in [0.05, 0.1) is 4.92 Å². The molecule has 0 bridgehead atoms. The number of nitro benzene ring substituents is 1. The van der Waals surface area contributed by atoms with Gasteiger partial charge >= 0.3 is 0 Å². The molecule has 0 aromatic heterocycles. The Labute approximate surface area is 69.2 Å². The lowest BCUT2D eigenvalue weighted by molar-refractivity contribution is -0.385. The minimum absolute atomic E-state index is 0.127. The summed E-state index contributed by atoms with van der Waals surface area (Å²) in [7, 11) is 0. The molecule has 0 atom stereocenters. The summed E-state index contributed by atoms with van der Waals surface area (Å²) in [6, 6.07) is 6.36. The minimum Gasteiger partial charge on any atom is -0.258 e. The summed E-state index contributed by atoms with van der Waals surface area (Å²) < 4.78 is 0. The number of hydrogen-bond acceptors (Lipinski definition) is 3. The Morgan fingerprint density at radius 3 is 2.67 bits per heavy atom. The van der Waals surface area contributed by atoms with Crippen molar-refractivity contribution in [3.8, 4) is 6.07 Å². The molecule has 0 aliphatic heterocycles. The number of hydrogen-bond donors (Lipinski definition) is 0. The van der Waals surface area contributed by atoms with Gasteiger partial charge in [0.1, 0.15) is 11.6 Å². The summed E-state index contributed by atoms with van der Waals surface area (Å²) >= 11 is 0. The summed E-state index contributed by atoms with van der Waals surface area (Å²) in [6.45, 7) is 1.67. The van der Waals surface area contributed by atoms with E-state index in [0.717, 1.165) is 0 Å². The van der Waals surface area contributed by atoms with E-state index in [1.807, 2.05) is 0 Å². The van der Waals surface area contributed by atoms with E-state index in [1.165, 1.54) is 6.07 Å². The van der Waals surface area contributed by atoms with Gasteiger partial charge in [-0.3, -0.25) is 10.1 Å². The van der Waals surface area contributed by atoms with Crippen molar-refractivity contribution in [2.45, 2.75) is 6.92 Å². The maximum atomic E-state index is 10.4. The largest absolute Gasteiger partial charge is 0.287 e. The molecule has 0 fully saturated rings. The Hall–Kier alpha value is -1.89. The molecule has 0 spiro atoms. The van der Waals surface area contributed by atoms with E-state index in [0.29, 0.717) is 5.56 Å². The highest BCUT2D eigenvalue weighted by Crippen LogP contribution is 2.19. The first-order chi connectivity index (χ1) is 5.66. The molecular formula is C8H6N2O2. The van der Waals surface area contributed by atoms with Gasteiger partial charge in [-0.15, -0.1) is 0 Å². The van der Waals surface area contributed by atoms with Crippen LogP contribution in [0.25, 0.3) is 0 Å². The first-order valence-electron chi connectivity index (χ1n) is 3.31. The van der Waals surface area contributed by atoms with Crippen molar-refractivity contribution < 1.29 is 4.92 Å². The molecule has 0 heterocycles. The Kier molecular flexibility index (Phi) is 2.06. The van der Waals surface area contributed by atoms with Crippen LogP contribution in [0.1, 0.15) is 11.1 Å². The molecule has 12 heavy (non-hydrogen) atoms. The fraction of sp³-hybridized carbons (Fsp3) is 0.125. The summed E-state index contributed by atoms with van der Waals surface area (Å²) in [5, 5.41) is 19.0. The molecule has 0 unspecified atom stereocenters. The van der Waals surface area contributed by atoms with Gasteiger partial charge in [0.2, 0.25) is 0 Å². The molecule has 1 aromatic rings. The predicted molar refractivity (Wildman–Crippen MR) is 42.5 cm³/mol. The zero-order valence-corrected chi connectivity index (χ0v) is 6.44. The van der Waals surface area contributed by atoms with E-state index >= 15 is 0 Å². The maximum absolute atomic E-state index is 10.4. The molecule has 0 saturated carbocycles. The van der Waals surface area contributed by atoms with Gasteiger partial charge in [-0.2, -0.15) is 5.26 Å². The van der Waals surface area contributed by atoms with E-state index in [2.05, 4.69) is 0 Å². The first kappa shape index (κ1) is 8.21. The second-order valence-electron chi connectivity index (χ2n) is 2.34. The zero-order valence-electron chi connectivity index (χ0n) is 6.44. The maximum Gasteiger partial charge on any atom is 0.287 e. The second kappa shape index (κ2) is 3.01. The van der Waals surface area contributed by atoms with Crippen molar-refractivity contribution in [3.63, 3.8) is 0 Å². The van der Waals surface area contributed by atoms with Gasteiger partial charge in [-0.1, -0.05) is 12.1 Å². The van der Waals surface area contributed by atoms with E-state index in [1.54, 1.807) is 25.1 Å². The van der Waals surface area contributed by atoms with Crippen LogP contribution in [0.2, 0.25) is 0 Å². The number of rotatable bonds is 1. The molecule has 0 aliphatic rings. The van der Waals surface area contributed by atoms with Gasteiger partial charge in [-0.05, 0) is 12.5 Å². The van der Waals surface area contributed by atoms with Crippen molar-refractivity contribution in [3.05, 3.63) is 39.4 Å². The van der Waals surface area contributed by atoms with Crippen LogP contribution >= 0.6 is 0 Å². The molecule has 1 aromatic carbocycles. The molecule has 0 radical (unpaired) electrons. The average Bonchev–Trinajstić information content (AvgIpc) is 2.03. The Morgan fingerprint density at radius 2 is 2.25 bits per heavy atom.